The molecule has 0 aromatic heterocycles. The van der Waals surface area contributed by atoms with E-state index in [0.29, 0.717) is 0 Å². The van der Waals surface area contributed by atoms with Crippen LogP contribution in [0.3, 0.4) is 0 Å². The van der Waals surface area contributed by atoms with Crippen molar-refractivity contribution < 1.29 is 0 Å². The van der Waals surface area contributed by atoms with Gasteiger partial charge in [-0.2, -0.15) is 0 Å². The fourth-order valence-corrected chi connectivity index (χ4v) is 0.530. The lowest BCUT2D eigenvalue weighted by Gasteiger charge is -2.09. The van der Waals surface area contributed by atoms with Crippen LogP contribution in [0, 0.1) is 0 Å². The van der Waals surface area contributed by atoms with E-state index in [9.17, 15) is 0 Å². The number of nitrogens with one attached hydrogen (secondary N) is 1. The third-order valence-corrected chi connectivity index (χ3v) is 5.17. The maximum atomic E-state index is 5.70. The summed E-state index contributed by atoms with van der Waals surface area (Å²) in [6.07, 6.45) is 0. The number of hydrogen-bond acceptors (Lipinski definition) is 1. The summed E-state index contributed by atoms with van der Waals surface area (Å²) in [5.41, 5.74) is 0. The molecule has 1 N–H and O–H groups in total. The van der Waals surface area contributed by atoms with Gasteiger partial charge in [0.25, 0.3) is 0 Å². The summed E-state index contributed by atoms with van der Waals surface area (Å²) in [5.74, 6) is 0. The molecule has 0 spiro atoms. The Morgan fingerprint density at radius 3 is 2.00 bits per heavy atom. The molecule has 0 aliphatic heterocycles. The fourth-order valence-electron chi connectivity index (χ4n) is 0.177. The molecule has 0 aromatic carbocycles. The molecule has 0 fully saturated rings. The molecule has 0 aliphatic rings. The Bertz CT molecular complexity index is 50.9. The second-order valence-corrected chi connectivity index (χ2v) is 8.38. The average Bonchev–Trinajstić information content (AvgIpc) is 1.68. The van der Waals surface area contributed by atoms with Gasteiger partial charge in [-0.1, -0.05) is 6.92 Å². The lowest BCUT2D eigenvalue weighted by atomic mass is 11.0. The minimum absolute atomic E-state index is 0.854. The maximum Gasteiger partial charge on any atom is 0.321 e. The van der Waals surface area contributed by atoms with Gasteiger partial charge in [0, 0.05) is 0 Å². The lowest BCUT2D eigenvalue weighted by molar-refractivity contribution is 1.18. The van der Waals surface area contributed by atoms with E-state index in [4.69, 9.17) is 22.2 Å². The largest absolute Gasteiger partial charge is 0.321 e. The molecular formula is C3H9Cl2NSi. The predicted octanol–water partition coefficient (Wildman–Crippen LogP) is 1.64. The van der Waals surface area contributed by atoms with Crippen molar-refractivity contribution in [3.8, 4) is 0 Å². The molecule has 0 heterocycles. The molecule has 0 aliphatic carbocycles. The Morgan fingerprint density at radius 1 is 1.57 bits per heavy atom. The molecular weight excluding hydrogens is 149 g/mol. The van der Waals surface area contributed by atoms with Crippen LogP contribution in [0.4, 0.5) is 0 Å². The van der Waals surface area contributed by atoms with Gasteiger partial charge in [-0.3, -0.25) is 0 Å². The molecule has 7 heavy (non-hydrogen) atoms. The Hall–Kier alpha value is 0.757. The number of halogens is 2. The summed E-state index contributed by atoms with van der Waals surface area (Å²) in [7, 11) is 1.79. The van der Waals surface area contributed by atoms with E-state index >= 15 is 0 Å². The second kappa shape index (κ2) is 2.92. The van der Waals surface area contributed by atoms with Crippen molar-refractivity contribution in [2.24, 2.45) is 0 Å². The topological polar surface area (TPSA) is 12.0 Å². The van der Waals surface area contributed by atoms with Gasteiger partial charge in [0.15, 0.2) is 0 Å². The van der Waals surface area contributed by atoms with Gasteiger partial charge >= 0.3 is 6.86 Å². The highest BCUT2D eigenvalue weighted by atomic mass is 35.7. The van der Waals surface area contributed by atoms with E-state index < -0.39 is 6.86 Å². The minimum Gasteiger partial charge on any atom is -0.316 e. The van der Waals surface area contributed by atoms with Crippen molar-refractivity contribution in [3.05, 3.63) is 0 Å². The van der Waals surface area contributed by atoms with Crippen LogP contribution in [0.25, 0.3) is 0 Å². The first-order valence-corrected chi connectivity index (χ1v) is 6.42. The quantitative estimate of drug-likeness (QED) is 0.475. The van der Waals surface area contributed by atoms with E-state index in [1.165, 1.54) is 0 Å². The average molecular weight is 158 g/mol. The standard InChI is InChI=1S/C3H9Cl2NSi/c1-3-7(4,5)6-2/h6H,3H2,1-2H3. The maximum absolute atomic E-state index is 5.70. The minimum atomic E-state index is -1.96. The number of rotatable bonds is 2. The lowest BCUT2D eigenvalue weighted by Crippen LogP contribution is -2.35. The summed E-state index contributed by atoms with van der Waals surface area (Å²) in [6.45, 7) is 0.0181. The molecule has 0 bridgehead atoms. The molecule has 0 amide bonds. The highest BCUT2D eigenvalue weighted by Crippen LogP contribution is 2.13. The first kappa shape index (κ1) is 7.76. The number of hydrogen-bond donors (Lipinski definition) is 1. The van der Waals surface area contributed by atoms with Crippen LogP contribution in [0.15, 0.2) is 0 Å². The molecule has 0 radical (unpaired) electrons. The zero-order chi connectivity index (χ0) is 5.91. The fraction of sp³-hybridized carbons (Fsp3) is 1.00. The summed E-state index contributed by atoms with van der Waals surface area (Å²) >= 11 is 11.4. The molecule has 4 heteroatoms. The molecule has 0 rings (SSSR count). The Labute approximate surface area is 54.5 Å². The Morgan fingerprint density at radius 2 is 2.00 bits per heavy atom. The molecule has 0 saturated heterocycles. The van der Waals surface area contributed by atoms with Crippen molar-refractivity contribution in [2.75, 3.05) is 7.05 Å². The Balaban J connectivity index is 3.36. The monoisotopic (exact) mass is 157 g/mol. The first-order chi connectivity index (χ1) is 3.12. The summed E-state index contributed by atoms with van der Waals surface area (Å²) in [6, 6.07) is 0.854. The van der Waals surface area contributed by atoms with Crippen LogP contribution in [-0.4, -0.2) is 13.9 Å². The zero-order valence-electron chi connectivity index (χ0n) is 4.46. The van der Waals surface area contributed by atoms with Gasteiger partial charge in [0.2, 0.25) is 0 Å². The third-order valence-electron chi connectivity index (χ3n) is 0.810. The summed E-state index contributed by atoms with van der Waals surface area (Å²) in [5, 5.41) is 0. The molecule has 1 nitrogen and oxygen atoms in total. The molecule has 44 valence electrons. The summed E-state index contributed by atoms with van der Waals surface area (Å²) in [4.78, 5) is 2.86. The van der Waals surface area contributed by atoms with Crippen LogP contribution in [0.5, 0.6) is 0 Å². The van der Waals surface area contributed by atoms with Crippen LogP contribution in [0.1, 0.15) is 6.92 Å². The van der Waals surface area contributed by atoms with Crippen molar-refractivity contribution in [1.82, 2.24) is 4.98 Å². The van der Waals surface area contributed by atoms with Gasteiger partial charge in [0.1, 0.15) is 0 Å². The normalized spacial score (nSPS) is 12.0. The van der Waals surface area contributed by atoms with Crippen molar-refractivity contribution in [1.29, 1.82) is 0 Å². The molecule has 0 aromatic rings. The molecule has 0 atom stereocenters. The molecule has 0 unspecified atom stereocenters. The van der Waals surface area contributed by atoms with Gasteiger partial charge in [-0.05, 0) is 13.1 Å². The van der Waals surface area contributed by atoms with E-state index in [-0.39, 0.29) is 0 Å². The SMILES string of the molecule is CC[Si](Cl)(Cl)NC. The van der Waals surface area contributed by atoms with Crippen LogP contribution in [0.2, 0.25) is 6.04 Å². The second-order valence-electron chi connectivity index (χ2n) is 1.31. The third kappa shape index (κ3) is 3.35. The van der Waals surface area contributed by atoms with Gasteiger partial charge in [-0.25, -0.2) is 0 Å². The van der Waals surface area contributed by atoms with Gasteiger partial charge in [-0.15, -0.1) is 22.2 Å². The highest BCUT2D eigenvalue weighted by Gasteiger charge is 2.22. The van der Waals surface area contributed by atoms with Crippen molar-refractivity contribution in [2.45, 2.75) is 13.0 Å². The van der Waals surface area contributed by atoms with Gasteiger partial charge < -0.3 is 4.98 Å². The van der Waals surface area contributed by atoms with Crippen molar-refractivity contribution in [3.63, 3.8) is 0 Å². The predicted molar refractivity (Wildman–Crippen MR) is 37.0 cm³/mol. The zero-order valence-corrected chi connectivity index (χ0v) is 6.97. The van der Waals surface area contributed by atoms with E-state index in [1.807, 2.05) is 6.92 Å². The smallest absolute Gasteiger partial charge is 0.316 e. The summed E-state index contributed by atoms with van der Waals surface area (Å²) < 4.78 is 0. The van der Waals surface area contributed by atoms with Crippen molar-refractivity contribution >= 4 is 29.0 Å². The van der Waals surface area contributed by atoms with Crippen LogP contribution >= 0.6 is 22.2 Å². The molecule has 0 saturated carbocycles. The van der Waals surface area contributed by atoms with Crippen LogP contribution in [-0.2, 0) is 0 Å². The highest BCUT2D eigenvalue weighted by molar-refractivity contribution is 7.44. The van der Waals surface area contributed by atoms with E-state index in [1.54, 1.807) is 7.05 Å². The first-order valence-electron chi connectivity index (χ1n) is 2.19. The van der Waals surface area contributed by atoms with Crippen LogP contribution < -0.4 is 4.98 Å². The van der Waals surface area contributed by atoms with E-state index in [0.717, 1.165) is 6.04 Å². The Kier molecular flexibility index (Phi) is 3.24. The van der Waals surface area contributed by atoms with Gasteiger partial charge in [0.05, 0.1) is 0 Å². The van der Waals surface area contributed by atoms with E-state index in [2.05, 4.69) is 4.98 Å².